The lowest BCUT2D eigenvalue weighted by Crippen LogP contribution is -1.83. The lowest BCUT2D eigenvalue weighted by molar-refractivity contribution is 0.680. The summed E-state index contributed by atoms with van der Waals surface area (Å²) in [5.74, 6) is 1.85. The van der Waals surface area contributed by atoms with Gasteiger partial charge in [-0.25, -0.2) is 0 Å². The number of hydrogen-bond donors (Lipinski definition) is 1. The lowest BCUT2D eigenvalue weighted by Gasteiger charge is -2.02. The Labute approximate surface area is 379 Å². The second kappa shape index (κ2) is 79.6. The Kier molecular flexibility index (Phi) is 109. The average molecular weight is 829 g/mol. The highest BCUT2D eigenvalue weighted by Gasteiger charge is 2.17. The highest BCUT2D eigenvalue weighted by molar-refractivity contribution is 5.51. The number of nitrogens with two attached hydrogens (primary N) is 1. The van der Waals surface area contributed by atoms with Crippen LogP contribution in [0, 0.1) is 24.7 Å². The first kappa shape index (κ1) is 80.5. The van der Waals surface area contributed by atoms with Gasteiger partial charge in [0.2, 0.25) is 0 Å². The number of terminal acetylenes is 1. The summed E-state index contributed by atoms with van der Waals surface area (Å²) in [6.07, 6.45) is 38.8. The van der Waals surface area contributed by atoms with Gasteiger partial charge in [0.05, 0.1) is 0 Å². The summed E-state index contributed by atoms with van der Waals surface area (Å²) in [5, 5.41) is 0. The quantitative estimate of drug-likeness (QED) is 0.0851. The van der Waals surface area contributed by atoms with Crippen LogP contribution in [-0.2, 0) is 0 Å². The predicted octanol–water partition coefficient (Wildman–Crippen LogP) is 21.2. The van der Waals surface area contributed by atoms with Gasteiger partial charge in [-0.3, -0.25) is 0 Å². The minimum absolute atomic E-state index is 0.713. The van der Waals surface area contributed by atoms with E-state index in [1.54, 1.807) is 0 Å². The predicted molar refractivity (Wildman–Crippen MR) is 289 cm³/mol. The fourth-order valence-corrected chi connectivity index (χ4v) is 3.71. The van der Waals surface area contributed by atoms with Crippen LogP contribution >= 0.6 is 0 Å². The molecule has 354 valence electrons. The second-order valence-electron chi connectivity index (χ2n) is 14.3. The minimum Gasteiger partial charge on any atom is -0.333 e. The average Bonchev–Trinajstić information content (AvgIpc) is 4.12. The van der Waals surface area contributed by atoms with Gasteiger partial charge >= 0.3 is 0 Å². The molecule has 0 unspecified atom stereocenters. The van der Waals surface area contributed by atoms with Crippen molar-refractivity contribution in [1.29, 1.82) is 0 Å². The van der Waals surface area contributed by atoms with Crippen LogP contribution in [0.5, 0.6) is 0 Å². The van der Waals surface area contributed by atoms with Gasteiger partial charge in [-0.1, -0.05) is 243 Å². The Morgan fingerprint density at radius 3 is 1.34 bits per heavy atom. The first-order chi connectivity index (χ1) is 28.1. The number of hydrogen-bond acceptors (Lipinski definition) is 1. The van der Waals surface area contributed by atoms with Crippen LogP contribution in [0.2, 0.25) is 0 Å². The molecule has 0 aromatic carbocycles. The monoisotopic (exact) mass is 828 g/mol. The van der Waals surface area contributed by atoms with E-state index >= 15 is 0 Å². The minimum atomic E-state index is 0.713. The molecule has 0 aromatic heterocycles. The van der Waals surface area contributed by atoms with Crippen molar-refractivity contribution in [2.45, 2.75) is 256 Å². The molecule has 0 spiro atoms. The molecule has 1 nitrogen and oxygen atoms in total. The van der Waals surface area contributed by atoms with E-state index in [-0.39, 0.29) is 0 Å². The summed E-state index contributed by atoms with van der Waals surface area (Å²) in [5.41, 5.74) is 16.6. The lowest BCUT2D eigenvalue weighted by atomic mass is 10.0. The second-order valence-corrected chi connectivity index (χ2v) is 14.3. The normalized spacial score (nSPS) is 10.9. The maximum atomic E-state index is 4.50. The van der Waals surface area contributed by atoms with E-state index in [9.17, 15) is 0 Å². The van der Waals surface area contributed by atoms with Crippen LogP contribution in [0.1, 0.15) is 256 Å². The SMILES string of the molecule is C#C.C=C(C)C1=CC(/C(C)=C/C)=C=C(C)C=C1.C=C(CCCC)CCCCC.CC.CC.CC.CC(C)=CC(C)C.CCC.CCC1CC1.CCCC.CCCC.CN. The highest BCUT2D eigenvalue weighted by Crippen LogP contribution is 2.31. The van der Waals surface area contributed by atoms with Gasteiger partial charge in [0.25, 0.3) is 0 Å². The Balaban J connectivity index is -0.0000000606. The van der Waals surface area contributed by atoms with Gasteiger partial charge in [-0.15, -0.1) is 18.6 Å². The first-order valence-corrected chi connectivity index (χ1v) is 24.5. The van der Waals surface area contributed by atoms with E-state index in [0.717, 1.165) is 22.6 Å². The molecule has 59 heavy (non-hydrogen) atoms. The fourth-order valence-electron chi connectivity index (χ4n) is 3.71. The Hall–Kier alpha value is -2.52. The molecule has 2 aliphatic rings. The molecule has 0 amide bonds. The first-order valence-electron chi connectivity index (χ1n) is 24.5. The summed E-state index contributed by atoms with van der Waals surface area (Å²) in [6.45, 7) is 56.6. The summed E-state index contributed by atoms with van der Waals surface area (Å²) < 4.78 is 0. The highest BCUT2D eigenvalue weighted by atomic mass is 14.4. The standard InChI is InChI=1S/C15H18.C11H22.C7H14.C5H10.2C4H10.C3H8.3C2H6.C2H2.CH5N/c1-6-13(5)15-9-12(4)7-8-14(10-15)11(2)3;1-4-6-8-10-11(3)9-7-5-2;1-6(2)5-7(3)4;1-2-5-3-4-5;2*1-3-4-2;1-3-2;5*1-2/h6-8,10H,2H2,1,3-5H3;3-10H2,1-2H3;5-6H,1-4H3;5H,2-4H2,1H3;2*3-4H2,1-2H3;3H2,1-2H3;3*1-2H3;1-2H;2H2,1H3/b13-6+;;;;;;;;;;;. The zero-order valence-corrected chi connectivity index (χ0v) is 45.8. The molecule has 2 aliphatic carbocycles. The van der Waals surface area contributed by atoms with Crippen molar-refractivity contribution in [2.75, 3.05) is 7.05 Å². The van der Waals surface area contributed by atoms with Crippen molar-refractivity contribution < 1.29 is 0 Å². The van der Waals surface area contributed by atoms with E-state index in [1.165, 1.54) is 126 Å². The van der Waals surface area contributed by atoms with Crippen LogP contribution in [-0.4, -0.2) is 7.05 Å². The molecule has 0 radical (unpaired) electrons. The molecule has 2 N–H and O–H groups in total. The van der Waals surface area contributed by atoms with Gasteiger partial charge in [-0.05, 0) is 109 Å². The maximum absolute atomic E-state index is 4.50. The molecule has 1 fully saturated rings. The number of allylic oxidation sites excluding steroid dienone is 11. The van der Waals surface area contributed by atoms with E-state index in [0.29, 0.717) is 5.92 Å². The van der Waals surface area contributed by atoms with E-state index < -0.39 is 0 Å². The molecular weight excluding hydrogens is 711 g/mol. The van der Waals surface area contributed by atoms with Crippen LogP contribution in [0.3, 0.4) is 0 Å². The van der Waals surface area contributed by atoms with Gasteiger partial charge in [0.15, 0.2) is 0 Å². The molecule has 0 saturated heterocycles. The molecule has 2 rings (SSSR count). The van der Waals surface area contributed by atoms with Gasteiger partial charge < -0.3 is 5.73 Å². The largest absolute Gasteiger partial charge is 0.333 e. The Morgan fingerprint density at radius 2 is 1.10 bits per heavy atom. The Bertz CT molecular complexity index is 966. The molecule has 0 aromatic rings. The summed E-state index contributed by atoms with van der Waals surface area (Å²) in [4.78, 5) is 0. The van der Waals surface area contributed by atoms with Crippen molar-refractivity contribution in [3.8, 4) is 12.8 Å². The van der Waals surface area contributed by atoms with E-state index in [4.69, 9.17) is 0 Å². The maximum Gasteiger partial charge on any atom is 0.0199 e. The topological polar surface area (TPSA) is 26.0 Å². The summed E-state index contributed by atoms with van der Waals surface area (Å²) >= 11 is 0. The van der Waals surface area contributed by atoms with Crippen molar-refractivity contribution in [1.82, 2.24) is 0 Å². The van der Waals surface area contributed by atoms with Gasteiger partial charge in [-0.2, -0.15) is 0 Å². The van der Waals surface area contributed by atoms with Crippen LogP contribution < -0.4 is 5.73 Å². The van der Waals surface area contributed by atoms with E-state index in [2.05, 4.69) is 172 Å². The molecule has 1 saturated carbocycles. The molecule has 0 aliphatic heterocycles. The Morgan fingerprint density at radius 1 is 0.712 bits per heavy atom. The van der Waals surface area contributed by atoms with E-state index in [1.807, 2.05) is 55.4 Å². The smallest absolute Gasteiger partial charge is 0.0199 e. The van der Waals surface area contributed by atoms with Crippen LogP contribution in [0.4, 0.5) is 0 Å². The number of rotatable bonds is 13. The molecular formula is C58H117N. The van der Waals surface area contributed by atoms with Crippen LogP contribution in [0.15, 0.2) is 88.3 Å². The van der Waals surface area contributed by atoms with Crippen molar-refractivity contribution in [2.24, 2.45) is 17.6 Å². The van der Waals surface area contributed by atoms with Gasteiger partial charge in [0, 0.05) is 5.57 Å². The molecule has 0 atom stereocenters. The molecule has 1 heteroatoms. The van der Waals surface area contributed by atoms with Crippen LogP contribution in [0.25, 0.3) is 0 Å². The van der Waals surface area contributed by atoms with Gasteiger partial charge in [0.1, 0.15) is 0 Å². The summed E-state index contributed by atoms with van der Waals surface area (Å²) in [7, 11) is 1.50. The summed E-state index contributed by atoms with van der Waals surface area (Å²) in [6, 6.07) is 0. The molecule has 0 bridgehead atoms. The zero-order chi connectivity index (χ0) is 49.0. The fraction of sp³-hybridized carbons (Fsp3) is 0.707. The van der Waals surface area contributed by atoms with Crippen molar-refractivity contribution >= 4 is 0 Å². The zero-order valence-electron chi connectivity index (χ0n) is 45.8. The van der Waals surface area contributed by atoms with Crippen molar-refractivity contribution in [3.63, 3.8) is 0 Å². The molecule has 0 heterocycles. The third kappa shape index (κ3) is 96.8. The third-order valence-corrected chi connectivity index (χ3v) is 7.45. The number of unbranched alkanes of at least 4 members (excludes halogenated alkanes) is 5. The van der Waals surface area contributed by atoms with Crippen molar-refractivity contribution in [3.05, 3.63) is 88.3 Å². The third-order valence-electron chi connectivity index (χ3n) is 7.45.